The van der Waals surface area contributed by atoms with Crippen LogP contribution in [-0.4, -0.2) is 69.9 Å². The van der Waals surface area contributed by atoms with E-state index in [2.05, 4.69) is 4.72 Å². The number of hydrogen-bond acceptors (Lipinski definition) is 5. The van der Waals surface area contributed by atoms with Gasteiger partial charge in [0.2, 0.25) is 0 Å². The summed E-state index contributed by atoms with van der Waals surface area (Å²) < 4.78 is 37.4. The zero-order valence-electron chi connectivity index (χ0n) is 11.6. The van der Waals surface area contributed by atoms with Gasteiger partial charge in [0.1, 0.15) is 6.04 Å². The van der Waals surface area contributed by atoms with Gasteiger partial charge < -0.3 is 14.6 Å². The fourth-order valence-corrected chi connectivity index (χ4v) is 3.42. The third-order valence-electron chi connectivity index (χ3n) is 3.01. The lowest BCUT2D eigenvalue weighted by molar-refractivity contribution is -0.142. The standard InChI is InChI=1S/C11H22N2O6S/c1-18-8-9-19-7-5-12-20(16,17)13-6-3-2-4-10(13)11(14)15/h10,12H,2-9H2,1H3,(H,14,15). The van der Waals surface area contributed by atoms with E-state index < -0.39 is 22.2 Å². The number of hydrogen-bond donors (Lipinski definition) is 2. The minimum Gasteiger partial charge on any atom is -0.480 e. The van der Waals surface area contributed by atoms with Crippen molar-refractivity contribution in [1.29, 1.82) is 0 Å². The van der Waals surface area contributed by atoms with Gasteiger partial charge in [-0.2, -0.15) is 17.4 Å². The predicted molar refractivity (Wildman–Crippen MR) is 71.6 cm³/mol. The van der Waals surface area contributed by atoms with Crippen LogP contribution in [0, 0.1) is 0 Å². The average Bonchev–Trinajstić information content (AvgIpc) is 2.42. The average molecular weight is 310 g/mol. The topological polar surface area (TPSA) is 105 Å². The molecule has 0 amide bonds. The van der Waals surface area contributed by atoms with Gasteiger partial charge in [-0.1, -0.05) is 0 Å². The molecule has 0 saturated carbocycles. The molecule has 0 radical (unpaired) electrons. The smallest absolute Gasteiger partial charge is 0.322 e. The fraction of sp³-hybridized carbons (Fsp3) is 0.909. The summed E-state index contributed by atoms with van der Waals surface area (Å²) in [5, 5.41) is 9.07. The summed E-state index contributed by atoms with van der Waals surface area (Å²) in [7, 11) is -2.23. The van der Waals surface area contributed by atoms with Gasteiger partial charge in [0.25, 0.3) is 10.2 Å². The molecule has 20 heavy (non-hydrogen) atoms. The van der Waals surface area contributed by atoms with Crippen LogP contribution in [0.4, 0.5) is 0 Å². The number of ether oxygens (including phenoxy) is 2. The van der Waals surface area contributed by atoms with Crippen molar-refractivity contribution in [2.45, 2.75) is 25.3 Å². The molecule has 1 aliphatic heterocycles. The van der Waals surface area contributed by atoms with Crippen LogP contribution in [0.3, 0.4) is 0 Å². The highest BCUT2D eigenvalue weighted by Gasteiger charge is 2.36. The first-order chi connectivity index (χ1) is 9.49. The first-order valence-electron chi connectivity index (χ1n) is 6.55. The monoisotopic (exact) mass is 310 g/mol. The third kappa shape index (κ3) is 5.33. The Morgan fingerprint density at radius 2 is 2.10 bits per heavy atom. The van der Waals surface area contributed by atoms with Crippen LogP contribution in [0.15, 0.2) is 0 Å². The van der Waals surface area contributed by atoms with Gasteiger partial charge in [-0.3, -0.25) is 4.79 Å². The number of carbonyl (C=O) groups is 1. The molecule has 0 bridgehead atoms. The maximum Gasteiger partial charge on any atom is 0.322 e. The molecule has 118 valence electrons. The van der Waals surface area contributed by atoms with Gasteiger partial charge in [-0.05, 0) is 19.3 Å². The van der Waals surface area contributed by atoms with Gasteiger partial charge in [0.05, 0.1) is 19.8 Å². The molecule has 1 atom stereocenters. The van der Waals surface area contributed by atoms with Gasteiger partial charge in [0, 0.05) is 20.2 Å². The molecule has 9 heteroatoms. The maximum absolute atomic E-state index is 12.1. The van der Waals surface area contributed by atoms with Crippen molar-refractivity contribution in [1.82, 2.24) is 9.03 Å². The molecule has 1 aliphatic rings. The van der Waals surface area contributed by atoms with Gasteiger partial charge in [-0.15, -0.1) is 0 Å². The van der Waals surface area contributed by atoms with E-state index in [1.165, 1.54) is 0 Å². The Hall–Kier alpha value is -0.740. The van der Waals surface area contributed by atoms with E-state index in [-0.39, 0.29) is 19.7 Å². The largest absolute Gasteiger partial charge is 0.480 e. The Balaban J connectivity index is 2.43. The Kier molecular flexibility index (Phi) is 7.38. The highest BCUT2D eigenvalue weighted by molar-refractivity contribution is 7.87. The summed E-state index contributed by atoms with van der Waals surface area (Å²) in [6.45, 7) is 1.39. The van der Waals surface area contributed by atoms with Crippen LogP contribution in [0.2, 0.25) is 0 Å². The molecule has 1 unspecified atom stereocenters. The highest BCUT2D eigenvalue weighted by atomic mass is 32.2. The van der Waals surface area contributed by atoms with Crippen molar-refractivity contribution >= 4 is 16.2 Å². The predicted octanol–water partition coefficient (Wildman–Crippen LogP) is -0.577. The molecule has 1 rings (SSSR count). The van der Waals surface area contributed by atoms with E-state index >= 15 is 0 Å². The Morgan fingerprint density at radius 3 is 2.75 bits per heavy atom. The summed E-state index contributed by atoms with van der Waals surface area (Å²) >= 11 is 0. The lowest BCUT2D eigenvalue weighted by Gasteiger charge is -2.31. The number of carboxylic acids is 1. The molecule has 8 nitrogen and oxygen atoms in total. The van der Waals surface area contributed by atoms with Crippen molar-refractivity contribution < 1.29 is 27.8 Å². The molecule has 0 spiro atoms. The second-order valence-electron chi connectivity index (χ2n) is 4.47. The van der Waals surface area contributed by atoms with Crippen molar-refractivity contribution in [2.75, 3.05) is 40.0 Å². The van der Waals surface area contributed by atoms with Crippen molar-refractivity contribution in [3.8, 4) is 0 Å². The fourth-order valence-electron chi connectivity index (χ4n) is 2.01. The molecule has 2 N–H and O–H groups in total. The van der Waals surface area contributed by atoms with Crippen molar-refractivity contribution in [2.24, 2.45) is 0 Å². The molecule has 0 aromatic carbocycles. The van der Waals surface area contributed by atoms with E-state index in [1.54, 1.807) is 7.11 Å². The van der Waals surface area contributed by atoms with E-state index in [9.17, 15) is 13.2 Å². The zero-order chi connectivity index (χ0) is 15.0. The van der Waals surface area contributed by atoms with Crippen LogP contribution in [-0.2, 0) is 24.5 Å². The third-order valence-corrected chi connectivity index (χ3v) is 4.63. The molecular weight excluding hydrogens is 288 g/mol. The summed E-state index contributed by atoms with van der Waals surface area (Å²) in [5.74, 6) is -1.11. The molecule has 1 fully saturated rings. The van der Waals surface area contributed by atoms with Crippen molar-refractivity contribution in [3.63, 3.8) is 0 Å². The van der Waals surface area contributed by atoms with Crippen LogP contribution < -0.4 is 4.72 Å². The number of piperidine rings is 1. The zero-order valence-corrected chi connectivity index (χ0v) is 12.4. The number of rotatable bonds is 9. The van der Waals surface area contributed by atoms with Gasteiger partial charge in [0.15, 0.2) is 0 Å². The summed E-state index contributed by atoms with van der Waals surface area (Å²) in [4.78, 5) is 11.1. The Bertz CT molecular complexity index is 400. The summed E-state index contributed by atoms with van der Waals surface area (Å²) in [5.41, 5.74) is 0. The van der Waals surface area contributed by atoms with Gasteiger partial charge in [-0.25, -0.2) is 0 Å². The molecule has 0 aromatic heterocycles. The summed E-state index contributed by atoms with van der Waals surface area (Å²) in [6, 6.07) is -0.976. The molecular formula is C11H22N2O6S. The quantitative estimate of drug-likeness (QED) is 0.552. The Morgan fingerprint density at radius 1 is 1.35 bits per heavy atom. The van der Waals surface area contributed by atoms with Crippen LogP contribution in [0.25, 0.3) is 0 Å². The minimum atomic E-state index is -3.78. The lowest BCUT2D eigenvalue weighted by Crippen LogP contribution is -2.52. The minimum absolute atomic E-state index is 0.106. The molecule has 1 saturated heterocycles. The first kappa shape index (κ1) is 17.3. The molecule has 1 heterocycles. The molecule has 0 aliphatic carbocycles. The SMILES string of the molecule is COCCOCCNS(=O)(=O)N1CCCCC1C(=O)O. The second-order valence-corrected chi connectivity index (χ2v) is 6.17. The van der Waals surface area contributed by atoms with Crippen LogP contribution in [0.5, 0.6) is 0 Å². The van der Waals surface area contributed by atoms with E-state index in [0.717, 1.165) is 10.7 Å². The highest BCUT2D eigenvalue weighted by Crippen LogP contribution is 2.19. The number of carboxylic acid groups (broad SMARTS) is 1. The first-order valence-corrected chi connectivity index (χ1v) is 7.99. The van der Waals surface area contributed by atoms with Crippen LogP contribution >= 0.6 is 0 Å². The second kappa shape index (κ2) is 8.53. The van der Waals surface area contributed by atoms with Crippen molar-refractivity contribution in [3.05, 3.63) is 0 Å². The van der Waals surface area contributed by atoms with Gasteiger partial charge >= 0.3 is 5.97 Å². The van der Waals surface area contributed by atoms with E-state index in [0.29, 0.717) is 26.1 Å². The van der Waals surface area contributed by atoms with Crippen LogP contribution in [0.1, 0.15) is 19.3 Å². The number of nitrogens with zero attached hydrogens (tertiary/aromatic N) is 1. The van der Waals surface area contributed by atoms with E-state index in [1.807, 2.05) is 0 Å². The lowest BCUT2D eigenvalue weighted by atomic mass is 10.1. The number of nitrogens with one attached hydrogen (secondary N) is 1. The normalized spacial score (nSPS) is 20.9. The number of methoxy groups -OCH3 is 1. The molecule has 0 aromatic rings. The number of aliphatic carboxylic acids is 1. The van der Waals surface area contributed by atoms with E-state index in [4.69, 9.17) is 14.6 Å². The Labute approximate surface area is 119 Å². The summed E-state index contributed by atoms with van der Waals surface area (Å²) in [6.07, 6.45) is 1.75. The maximum atomic E-state index is 12.1.